The van der Waals surface area contributed by atoms with Crippen molar-refractivity contribution >= 4 is 6.09 Å². The van der Waals surface area contributed by atoms with Gasteiger partial charge in [-0.3, -0.25) is 0 Å². The monoisotopic (exact) mass is 205 g/mol. The van der Waals surface area contributed by atoms with E-state index in [-0.39, 0.29) is 6.10 Å². The molecule has 0 saturated carbocycles. The van der Waals surface area contributed by atoms with Gasteiger partial charge in [-0.2, -0.15) is 0 Å². The highest BCUT2D eigenvalue weighted by Gasteiger charge is 2.11. The van der Waals surface area contributed by atoms with Gasteiger partial charge in [0.05, 0.1) is 0 Å². The second kappa shape index (κ2) is 5.20. The van der Waals surface area contributed by atoms with Gasteiger partial charge in [-0.05, 0) is 24.5 Å². The molecule has 80 valence electrons. The fraction of sp³-hybridized carbons (Fsp3) is 0.250. The van der Waals surface area contributed by atoms with Gasteiger partial charge in [-0.15, -0.1) is 6.58 Å². The molecule has 0 bridgehead atoms. The Bertz CT molecular complexity index is 360. The Morgan fingerprint density at radius 3 is 2.87 bits per heavy atom. The summed E-state index contributed by atoms with van der Waals surface area (Å²) in [4.78, 5) is 10.6. The summed E-state index contributed by atoms with van der Waals surface area (Å²) in [6, 6.07) is 7.76. The molecular formula is C12H15NO2. The van der Waals surface area contributed by atoms with Gasteiger partial charge in [0.15, 0.2) is 0 Å². The number of carbonyl (C=O) groups excluding carboxylic acids is 1. The SMILES string of the molecule is C=CCc1ccccc1C(C)OC(N)=O. The molecule has 0 aromatic heterocycles. The summed E-state index contributed by atoms with van der Waals surface area (Å²) in [5, 5.41) is 0. The van der Waals surface area contributed by atoms with Crippen LogP contribution in [0.2, 0.25) is 0 Å². The van der Waals surface area contributed by atoms with E-state index in [4.69, 9.17) is 10.5 Å². The smallest absolute Gasteiger partial charge is 0.405 e. The first-order chi connectivity index (χ1) is 7.15. The van der Waals surface area contributed by atoms with Gasteiger partial charge in [0.25, 0.3) is 0 Å². The van der Waals surface area contributed by atoms with Gasteiger partial charge < -0.3 is 10.5 Å². The Hall–Kier alpha value is -1.77. The molecule has 0 aliphatic heterocycles. The zero-order valence-electron chi connectivity index (χ0n) is 8.77. The maximum Gasteiger partial charge on any atom is 0.405 e. The lowest BCUT2D eigenvalue weighted by Gasteiger charge is -2.15. The highest BCUT2D eigenvalue weighted by molar-refractivity contribution is 5.65. The van der Waals surface area contributed by atoms with E-state index in [9.17, 15) is 4.79 Å². The Morgan fingerprint density at radius 2 is 2.27 bits per heavy atom. The predicted molar refractivity (Wildman–Crippen MR) is 59.4 cm³/mol. The van der Waals surface area contributed by atoms with Crippen LogP contribution >= 0.6 is 0 Å². The molecule has 1 unspecified atom stereocenters. The molecule has 0 saturated heterocycles. The maximum atomic E-state index is 10.6. The molecule has 1 atom stereocenters. The highest BCUT2D eigenvalue weighted by Crippen LogP contribution is 2.21. The molecule has 2 N–H and O–H groups in total. The van der Waals surface area contributed by atoms with Crippen LogP contribution in [0.1, 0.15) is 24.2 Å². The molecule has 1 aromatic carbocycles. The number of rotatable bonds is 4. The van der Waals surface area contributed by atoms with Crippen LogP contribution in [0.15, 0.2) is 36.9 Å². The lowest BCUT2D eigenvalue weighted by molar-refractivity contribution is 0.116. The van der Waals surface area contributed by atoms with Crippen LogP contribution in [0, 0.1) is 0 Å². The highest BCUT2D eigenvalue weighted by atomic mass is 16.6. The number of hydrogen-bond acceptors (Lipinski definition) is 2. The minimum atomic E-state index is -0.754. The minimum absolute atomic E-state index is 0.321. The van der Waals surface area contributed by atoms with Crippen LogP contribution in [-0.4, -0.2) is 6.09 Å². The zero-order chi connectivity index (χ0) is 11.3. The molecular weight excluding hydrogens is 190 g/mol. The number of hydrogen-bond donors (Lipinski definition) is 1. The summed E-state index contributed by atoms with van der Waals surface area (Å²) in [6.07, 6.45) is 1.49. The number of amides is 1. The van der Waals surface area contributed by atoms with E-state index in [1.807, 2.05) is 30.3 Å². The fourth-order valence-electron chi connectivity index (χ4n) is 1.51. The fourth-order valence-corrected chi connectivity index (χ4v) is 1.51. The summed E-state index contributed by atoms with van der Waals surface area (Å²) < 4.78 is 4.93. The molecule has 1 aromatic rings. The Balaban J connectivity index is 2.90. The van der Waals surface area contributed by atoms with Crippen LogP contribution in [0.4, 0.5) is 4.79 Å². The average molecular weight is 205 g/mol. The first kappa shape index (κ1) is 11.3. The molecule has 0 aliphatic carbocycles. The van der Waals surface area contributed by atoms with Crippen molar-refractivity contribution in [1.82, 2.24) is 0 Å². The Labute approximate surface area is 89.5 Å². The van der Waals surface area contributed by atoms with Gasteiger partial charge >= 0.3 is 6.09 Å². The Morgan fingerprint density at radius 1 is 1.60 bits per heavy atom. The van der Waals surface area contributed by atoms with E-state index < -0.39 is 6.09 Å². The molecule has 0 radical (unpaired) electrons. The molecule has 0 heterocycles. The van der Waals surface area contributed by atoms with Crippen molar-refractivity contribution in [2.75, 3.05) is 0 Å². The number of nitrogens with two attached hydrogens (primary N) is 1. The first-order valence-electron chi connectivity index (χ1n) is 4.80. The number of benzene rings is 1. The van der Waals surface area contributed by atoms with Gasteiger partial charge in [0.2, 0.25) is 0 Å². The molecule has 0 aliphatic rings. The van der Waals surface area contributed by atoms with Crippen molar-refractivity contribution in [3.8, 4) is 0 Å². The van der Waals surface area contributed by atoms with Crippen LogP contribution in [0.25, 0.3) is 0 Å². The predicted octanol–water partition coefficient (Wildman–Crippen LogP) is 2.57. The van der Waals surface area contributed by atoms with E-state index >= 15 is 0 Å². The Kier molecular flexibility index (Phi) is 3.92. The molecule has 3 nitrogen and oxygen atoms in total. The summed E-state index contributed by atoms with van der Waals surface area (Å²) in [5.74, 6) is 0. The van der Waals surface area contributed by atoms with E-state index in [0.29, 0.717) is 0 Å². The zero-order valence-corrected chi connectivity index (χ0v) is 8.77. The maximum absolute atomic E-state index is 10.6. The number of carbonyl (C=O) groups is 1. The van der Waals surface area contributed by atoms with E-state index in [2.05, 4.69) is 6.58 Å². The van der Waals surface area contributed by atoms with E-state index in [0.717, 1.165) is 17.5 Å². The molecule has 1 rings (SSSR count). The third-order valence-corrected chi connectivity index (χ3v) is 2.15. The lowest BCUT2D eigenvalue weighted by Crippen LogP contribution is -2.16. The quantitative estimate of drug-likeness (QED) is 0.768. The number of allylic oxidation sites excluding steroid dienone is 1. The molecule has 15 heavy (non-hydrogen) atoms. The van der Waals surface area contributed by atoms with Crippen molar-refractivity contribution in [1.29, 1.82) is 0 Å². The van der Waals surface area contributed by atoms with Gasteiger partial charge in [-0.25, -0.2) is 4.79 Å². The van der Waals surface area contributed by atoms with Gasteiger partial charge in [0.1, 0.15) is 6.10 Å². The molecule has 0 spiro atoms. The summed E-state index contributed by atoms with van der Waals surface area (Å²) in [5.41, 5.74) is 7.04. The standard InChI is InChI=1S/C12H15NO2/c1-3-6-10-7-4-5-8-11(10)9(2)15-12(13)14/h3-5,7-9H,1,6H2,2H3,(H2,13,14). The minimum Gasteiger partial charge on any atom is -0.442 e. The van der Waals surface area contributed by atoms with Crippen molar-refractivity contribution in [3.05, 3.63) is 48.0 Å². The third-order valence-electron chi connectivity index (χ3n) is 2.15. The van der Waals surface area contributed by atoms with Crippen molar-refractivity contribution in [2.45, 2.75) is 19.4 Å². The van der Waals surface area contributed by atoms with Gasteiger partial charge in [-0.1, -0.05) is 30.3 Å². The summed E-state index contributed by atoms with van der Waals surface area (Å²) in [7, 11) is 0. The summed E-state index contributed by atoms with van der Waals surface area (Å²) >= 11 is 0. The summed E-state index contributed by atoms with van der Waals surface area (Å²) in [6.45, 7) is 5.48. The van der Waals surface area contributed by atoms with Crippen LogP contribution in [0.3, 0.4) is 0 Å². The first-order valence-corrected chi connectivity index (χ1v) is 4.80. The van der Waals surface area contributed by atoms with Crippen molar-refractivity contribution in [2.24, 2.45) is 5.73 Å². The second-order valence-electron chi connectivity index (χ2n) is 3.27. The average Bonchev–Trinajstić information content (AvgIpc) is 2.18. The lowest BCUT2D eigenvalue weighted by atomic mass is 10.0. The molecule has 3 heteroatoms. The van der Waals surface area contributed by atoms with Crippen molar-refractivity contribution in [3.63, 3.8) is 0 Å². The van der Waals surface area contributed by atoms with E-state index in [1.54, 1.807) is 6.92 Å². The van der Waals surface area contributed by atoms with Crippen LogP contribution in [0.5, 0.6) is 0 Å². The van der Waals surface area contributed by atoms with Crippen LogP contribution in [-0.2, 0) is 11.2 Å². The van der Waals surface area contributed by atoms with Crippen LogP contribution < -0.4 is 5.73 Å². The van der Waals surface area contributed by atoms with Crippen molar-refractivity contribution < 1.29 is 9.53 Å². The molecule has 1 amide bonds. The molecule has 0 fully saturated rings. The van der Waals surface area contributed by atoms with Gasteiger partial charge in [0, 0.05) is 0 Å². The second-order valence-corrected chi connectivity index (χ2v) is 3.27. The normalized spacial score (nSPS) is 11.8. The largest absolute Gasteiger partial charge is 0.442 e. The number of ether oxygens (including phenoxy) is 1. The third kappa shape index (κ3) is 3.13. The van der Waals surface area contributed by atoms with E-state index in [1.165, 1.54) is 0 Å². The topological polar surface area (TPSA) is 52.3 Å². The number of primary amides is 1.